The summed E-state index contributed by atoms with van der Waals surface area (Å²) < 4.78 is 5.24. The van der Waals surface area contributed by atoms with Gasteiger partial charge >= 0.3 is 0 Å². The summed E-state index contributed by atoms with van der Waals surface area (Å²) >= 11 is 6.04. The fraction of sp³-hybridized carbons (Fsp3) is 0.500. The van der Waals surface area contributed by atoms with Crippen LogP contribution in [0.3, 0.4) is 0 Å². The second kappa shape index (κ2) is 5.04. The summed E-state index contributed by atoms with van der Waals surface area (Å²) in [5.74, 6) is 0. The van der Waals surface area contributed by atoms with Gasteiger partial charge < -0.3 is 15.4 Å². The highest BCUT2D eigenvalue weighted by atomic mass is 35.5. The molecule has 4 heteroatoms. The van der Waals surface area contributed by atoms with Crippen LogP contribution in [0.1, 0.15) is 5.56 Å². The van der Waals surface area contributed by atoms with E-state index in [0.717, 1.165) is 24.8 Å². The maximum absolute atomic E-state index is 6.04. The lowest BCUT2D eigenvalue weighted by atomic mass is 10.1. The van der Waals surface area contributed by atoms with Gasteiger partial charge in [-0.1, -0.05) is 17.7 Å². The van der Waals surface area contributed by atoms with E-state index in [0.29, 0.717) is 12.6 Å². The number of nitrogens with two attached hydrogens (primary N) is 1. The molecule has 0 saturated carbocycles. The van der Waals surface area contributed by atoms with Crippen LogP contribution in [0.25, 0.3) is 0 Å². The van der Waals surface area contributed by atoms with Crippen molar-refractivity contribution < 1.29 is 4.74 Å². The van der Waals surface area contributed by atoms with Gasteiger partial charge in [-0.25, -0.2) is 0 Å². The molecule has 1 aliphatic heterocycles. The zero-order chi connectivity index (χ0) is 11.5. The number of benzene rings is 1. The lowest BCUT2D eigenvalue weighted by Crippen LogP contribution is -2.51. The van der Waals surface area contributed by atoms with E-state index < -0.39 is 0 Å². The number of anilines is 1. The molecule has 3 nitrogen and oxygen atoms in total. The van der Waals surface area contributed by atoms with Gasteiger partial charge in [-0.15, -0.1) is 0 Å². The number of ether oxygens (including phenoxy) is 1. The summed E-state index contributed by atoms with van der Waals surface area (Å²) in [7, 11) is 0. The molecule has 1 saturated heterocycles. The van der Waals surface area contributed by atoms with E-state index in [1.54, 1.807) is 0 Å². The molecule has 1 aromatic rings. The molecule has 0 aromatic heterocycles. The van der Waals surface area contributed by atoms with Crippen molar-refractivity contribution in [3.05, 3.63) is 28.8 Å². The number of aryl methyl sites for hydroxylation is 1. The quantitative estimate of drug-likeness (QED) is 0.873. The zero-order valence-corrected chi connectivity index (χ0v) is 10.2. The van der Waals surface area contributed by atoms with Gasteiger partial charge in [-0.05, 0) is 24.6 Å². The van der Waals surface area contributed by atoms with E-state index in [9.17, 15) is 0 Å². The smallest absolute Gasteiger partial charge is 0.0757 e. The van der Waals surface area contributed by atoms with E-state index in [1.807, 2.05) is 18.2 Å². The Kier molecular flexibility index (Phi) is 3.69. The van der Waals surface area contributed by atoms with Gasteiger partial charge in [-0.2, -0.15) is 0 Å². The molecule has 1 fully saturated rings. The molecule has 0 atom stereocenters. The van der Waals surface area contributed by atoms with Gasteiger partial charge in [0.1, 0.15) is 0 Å². The normalized spacial score (nSPS) is 15.9. The molecule has 0 unspecified atom stereocenters. The summed E-state index contributed by atoms with van der Waals surface area (Å²) in [5, 5.41) is 0.767. The number of rotatable bonds is 4. The van der Waals surface area contributed by atoms with Gasteiger partial charge in [-0.3, -0.25) is 0 Å². The van der Waals surface area contributed by atoms with Gasteiger partial charge in [0, 0.05) is 23.8 Å². The molecule has 2 rings (SSSR count). The number of nitrogens with zero attached hydrogens (tertiary/aromatic N) is 1. The van der Waals surface area contributed by atoms with E-state index in [-0.39, 0.29) is 0 Å². The summed E-state index contributed by atoms with van der Waals surface area (Å²) in [4.78, 5) is 2.30. The lowest BCUT2D eigenvalue weighted by molar-refractivity contribution is 0.00828. The van der Waals surface area contributed by atoms with Gasteiger partial charge in [0.05, 0.1) is 19.3 Å². The predicted molar refractivity (Wildman–Crippen MR) is 67.2 cm³/mol. The van der Waals surface area contributed by atoms with Crippen molar-refractivity contribution in [2.24, 2.45) is 5.73 Å². The van der Waals surface area contributed by atoms with Crippen molar-refractivity contribution in [1.29, 1.82) is 0 Å². The summed E-state index contributed by atoms with van der Waals surface area (Å²) in [6.45, 7) is 5.14. The van der Waals surface area contributed by atoms with Crippen molar-refractivity contribution in [2.45, 2.75) is 13.0 Å². The second-order valence-electron chi connectivity index (χ2n) is 4.10. The predicted octanol–water partition coefficient (Wildman–Crippen LogP) is 1.81. The number of hydrogen-bond donors (Lipinski definition) is 1. The summed E-state index contributed by atoms with van der Waals surface area (Å²) in [6, 6.07) is 6.41. The van der Waals surface area contributed by atoms with Crippen LogP contribution in [0, 0.1) is 6.92 Å². The first-order valence-corrected chi connectivity index (χ1v) is 5.91. The minimum Gasteiger partial charge on any atom is -0.377 e. The monoisotopic (exact) mass is 240 g/mol. The van der Waals surface area contributed by atoms with Crippen LogP contribution in [0.4, 0.5) is 5.69 Å². The fourth-order valence-electron chi connectivity index (χ4n) is 1.93. The Labute approximate surface area is 101 Å². The Morgan fingerprint density at radius 1 is 1.50 bits per heavy atom. The van der Waals surface area contributed by atoms with Crippen molar-refractivity contribution in [1.82, 2.24) is 0 Å². The molecular formula is C12H17ClN2O. The first kappa shape index (κ1) is 11.7. The first-order valence-electron chi connectivity index (χ1n) is 5.53. The maximum Gasteiger partial charge on any atom is 0.0757 e. The molecule has 0 aliphatic carbocycles. The molecular weight excluding hydrogens is 224 g/mol. The van der Waals surface area contributed by atoms with Crippen molar-refractivity contribution in [3.63, 3.8) is 0 Å². The molecule has 16 heavy (non-hydrogen) atoms. The average Bonchev–Trinajstić information content (AvgIpc) is 2.18. The lowest BCUT2D eigenvalue weighted by Gasteiger charge is -2.39. The SMILES string of the molecule is Cc1ccc(Cl)cc1N(CCN)C1COC1. The Hall–Kier alpha value is -0.770. The summed E-state index contributed by atoms with van der Waals surface area (Å²) in [5.41, 5.74) is 8.06. The zero-order valence-electron chi connectivity index (χ0n) is 9.45. The minimum atomic E-state index is 0.445. The van der Waals surface area contributed by atoms with Crippen LogP contribution in [0.15, 0.2) is 18.2 Å². The molecule has 1 heterocycles. The minimum absolute atomic E-state index is 0.445. The Bertz CT molecular complexity index is 366. The Morgan fingerprint density at radius 2 is 2.25 bits per heavy atom. The number of hydrogen-bond acceptors (Lipinski definition) is 3. The van der Waals surface area contributed by atoms with Crippen LogP contribution in [0.2, 0.25) is 5.02 Å². The molecule has 0 bridgehead atoms. The van der Waals surface area contributed by atoms with Gasteiger partial charge in [0.15, 0.2) is 0 Å². The Balaban J connectivity index is 2.25. The molecule has 0 radical (unpaired) electrons. The Morgan fingerprint density at radius 3 is 2.81 bits per heavy atom. The molecule has 88 valence electrons. The van der Waals surface area contributed by atoms with Gasteiger partial charge in [0.25, 0.3) is 0 Å². The van der Waals surface area contributed by atoms with E-state index in [2.05, 4.69) is 11.8 Å². The van der Waals surface area contributed by atoms with Crippen LogP contribution < -0.4 is 10.6 Å². The van der Waals surface area contributed by atoms with Gasteiger partial charge in [0.2, 0.25) is 0 Å². The van der Waals surface area contributed by atoms with Crippen LogP contribution in [-0.2, 0) is 4.74 Å². The van der Waals surface area contributed by atoms with Crippen LogP contribution >= 0.6 is 11.6 Å². The van der Waals surface area contributed by atoms with Crippen LogP contribution in [-0.4, -0.2) is 32.3 Å². The van der Waals surface area contributed by atoms with Crippen LogP contribution in [0.5, 0.6) is 0 Å². The first-order chi connectivity index (χ1) is 7.72. The van der Waals surface area contributed by atoms with E-state index in [4.69, 9.17) is 22.1 Å². The third-order valence-corrected chi connectivity index (χ3v) is 3.15. The molecule has 0 spiro atoms. The third-order valence-electron chi connectivity index (χ3n) is 2.91. The third kappa shape index (κ3) is 2.32. The number of halogens is 1. The van der Waals surface area contributed by atoms with E-state index in [1.165, 1.54) is 11.3 Å². The highest BCUT2D eigenvalue weighted by molar-refractivity contribution is 6.30. The average molecular weight is 241 g/mol. The highest BCUT2D eigenvalue weighted by Crippen LogP contribution is 2.27. The maximum atomic E-state index is 6.04. The topological polar surface area (TPSA) is 38.5 Å². The standard InChI is InChI=1S/C12H17ClN2O/c1-9-2-3-10(13)6-12(9)15(5-4-14)11-7-16-8-11/h2-3,6,11H,4-5,7-8,14H2,1H3. The molecule has 0 amide bonds. The van der Waals surface area contributed by atoms with Crippen molar-refractivity contribution >= 4 is 17.3 Å². The molecule has 1 aromatic carbocycles. The van der Waals surface area contributed by atoms with Crippen molar-refractivity contribution in [2.75, 3.05) is 31.2 Å². The largest absolute Gasteiger partial charge is 0.377 e. The highest BCUT2D eigenvalue weighted by Gasteiger charge is 2.26. The van der Waals surface area contributed by atoms with Crippen molar-refractivity contribution in [3.8, 4) is 0 Å². The molecule has 2 N–H and O–H groups in total. The van der Waals surface area contributed by atoms with E-state index >= 15 is 0 Å². The summed E-state index contributed by atoms with van der Waals surface area (Å²) in [6.07, 6.45) is 0. The fourth-order valence-corrected chi connectivity index (χ4v) is 2.10. The molecule has 1 aliphatic rings. The second-order valence-corrected chi connectivity index (χ2v) is 4.54.